The van der Waals surface area contributed by atoms with E-state index in [4.69, 9.17) is 4.74 Å². The summed E-state index contributed by atoms with van der Waals surface area (Å²) in [6.07, 6.45) is 2.49. The highest BCUT2D eigenvalue weighted by atomic mass is 16.5. The highest BCUT2D eigenvalue weighted by Gasteiger charge is 2.12. The van der Waals surface area contributed by atoms with Crippen molar-refractivity contribution in [3.8, 4) is 0 Å². The van der Waals surface area contributed by atoms with Crippen molar-refractivity contribution in [1.82, 2.24) is 25.2 Å². The number of esters is 1. The first kappa shape index (κ1) is 17.6. The number of H-pyrrole nitrogens is 1. The Morgan fingerprint density at radius 1 is 1.22 bits per heavy atom. The molecule has 0 aliphatic carbocycles. The highest BCUT2D eigenvalue weighted by molar-refractivity contribution is 5.93. The maximum Gasteiger partial charge on any atom is 0.337 e. The van der Waals surface area contributed by atoms with Gasteiger partial charge in [0.15, 0.2) is 0 Å². The molecular formula is C20H23N5O2. The molecule has 7 heteroatoms. The predicted molar refractivity (Wildman–Crippen MR) is 103 cm³/mol. The lowest BCUT2D eigenvalue weighted by molar-refractivity contribution is 0.0601. The third kappa shape index (κ3) is 4.15. The Kier molecular flexibility index (Phi) is 5.13. The van der Waals surface area contributed by atoms with Gasteiger partial charge in [0.05, 0.1) is 23.7 Å². The van der Waals surface area contributed by atoms with Gasteiger partial charge < -0.3 is 15.0 Å². The van der Waals surface area contributed by atoms with Gasteiger partial charge in [-0.3, -0.25) is 9.88 Å². The van der Waals surface area contributed by atoms with Crippen LogP contribution in [-0.2, 0) is 17.7 Å². The number of imidazole rings is 1. The van der Waals surface area contributed by atoms with E-state index in [1.54, 1.807) is 12.1 Å². The minimum atomic E-state index is -0.352. The fraction of sp³-hybridized carbons (Fsp3) is 0.350. The molecule has 0 radical (unpaired) electrons. The zero-order valence-electron chi connectivity index (χ0n) is 15.4. The van der Waals surface area contributed by atoms with Crippen LogP contribution in [0.3, 0.4) is 0 Å². The highest BCUT2D eigenvalue weighted by Crippen LogP contribution is 2.17. The van der Waals surface area contributed by atoms with Crippen LogP contribution < -0.4 is 5.32 Å². The van der Waals surface area contributed by atoms with Crippen LogP contribution in [0.15, 0.2) is 36.5 Å². The van der Waals surface area contributed by atoms with Crippen LogP contribution in [0.5, 0.6) is 0 Å². The second-order valence-electron chi connectivity index (χ2n) is 6.77. The SMILES string of the molecule is COC(=O)c1ccc2nc(Cc3cc(CN4CCNCC4)ccn3)[nH]c2c1. The predicted octanol–water partition coefficient (Wildman–Crippen LogP) is 1.74. The smallest absolute Gasteiger partial charge is 0.337 e. The molecule has 2 aromatic heterocycles. The van der Waals surface area contributed by atoms with Crippen LogP contribution in [-0.4, -0.2) is 59.1 Å². The molecule has 27 heavy (non-hydrogen) atoms. The van der Waals surface area contributed by atoms with Crippen LogP contribution in [0.25, 0.3) is 11.0 Å². The van der Waals surface area contributed by atoms with Crippen molar-refractivity contribution in [2.24, 2.45) is 0 Å². The third-order valence-corrected chi connectivity index (χ3v) is 4.80. The second kappa shape index (κ2) is 7.85. The van der Waals surface area contributed by atoms with Gasteiger partial charge >= 0.3 is 5.97 Å². The Hall–Kier alpha value is -2.77. The number of hydrogen-bond acceptors (Lipinski definition) is 6. The number of nitrogens with one attached hydrogen (secondary N) is 2. The largest absolute Gasteiger partial charge is 0.465 e. The van der Waals surface area contributed by atoms with Crippen molar-refractivity contribution in [2.75, 3.05) is 33.3 Å². The van der Waals surface area contributed by atoms with E-state index in [0.717, 1.165) is 55.3 Å². The lowest BCUT2D eigenvalue weighted by Gasteiger charge is -2.27. The fourth-order valence-corrected chi connectivity index (χ4v) is 3.41. The van der Waals surface area contributed by atoms with Crippen molar-refractivity contribution in [2.45, 2.75) is 13.0 Å². The molecule has 0 spiro atoms. The van der Waals surface area contributed by atoms with Gasteiger partial charge in [-0.25, -0.2) is 9.78 Å². The molecule has 1 saturated heterocycles. The van der Waals surface area contributed by atoms with E-state index in [1.807, 2.05) is 12.3 Å². The number of rotatable bonds is 5. The number of piperazine rings is 1. The topological polar surface area (TPSA) is 83.1 Å². The monoisotopic (exact) mass is 365 g/mol. The van der Waals surface area contributed by atoms with Gasteiger partial charge in [-0.1, -0.05) is 0 Å². The minimum Gasteiger partial charge on any atom is -0.465 e. The van der Waals surface area contributed by atoms with E-state index < -0.39 is 0 Å². The normalized spacial score (nSPS) is 15.1. The summed E-state index contributed by atoms with van der Waals surface area (Å²) in [7, 11) is 1.38. The summed E-state index contributed by atoms with van der Waals surface area (Å²) < 4.78 is 4.77. The van der Waals surface area contributed by atoms with Crippen molar-refractivity contribution < 1.29 is 9.53 Å². The lowest BCUT2D eigenvalue weighted by Crippen LogP contribution is -2.42. The van der Waals surface area contributed by atoms with Crippen LogP contribution >= 0.6 is 0 Å². The quantitative estimate of drug-likeness (QED) is 0.670. The molecule has 140 valence electrons. The molecule has 2 N–H and O–H groups in total. The molecule has 0 saturated carbocycles. The van der Waals surface area contributed by atoms with Crippen LogP contribution in [0.4, 0.5) is 0 Å². The average Bonchev–Trinajstić information content (AvgIpc) is 3.09. The van der Waals surface area contributed by atoms with E-state index in [9.17, 15) is 4.79 Å². The Bertz CT molecular complexity index is 946. The van der Waals surface area contributed by atoms with Gasteiger partial charge in [0, 0.05) is 51.0 Å². The number of hydrogen-bond donors (Lipinski definition) is 2. The molecule has 1 aliphatic heterocycles. The number of aromatic amines is 1. The number of nitrogens with zero attached hydrogens (tertiary/aromatic N) is 3. The maximum absolute atomic E-state index is 11.7. The zero-order valence-corrected chi connectivity index (χ0v) is 15.4. The summed E-state index contributed by atoms with van der Waals surface area (Å²) in [4.78, 5) is 26.5. The second-order valence-corrected chi connectivity index (χ2v) is 6.77. The number of benzene rings is 1. The number of carbonyl (C=O) groups excluding carboxylic acids is 1. The van der Waals surface area contributed by atoms with Crippen LogP contribution in [0, 0.1) is 0 Å². The van der Waals surface area contributed by atoms with E-state index in [-0.39, 0.29) is 5.97 Å². The van der Waals surface area contributed by atoms with Gasteiger partial charge in [0.2, 0.25) is 0 Å². The van der Waals surface area contributed by atoms with Crippen molar-refractivity contribution in [1.29, 1.82) is 0 Å². The molecule has 0 unspecified atom stereocenters. The molecule has 0 bridgehead atoms. The Labute approximate surface area is 157 Å². The Morgan fingerprint density at radius 3 is 2.89 bits per heavy atom. The van der Waals surface area contributed by atoms with Crippen LogP contribution in [0.1, 0.15) is 27.4 Å². The molecule has 0 atom stereocenters. The van der Waals surface area contributed by atoms with Crippen molar-refractivity contribution >= 4 is 17.0 Å². The summed E-state index contributed by atoms with van der Waals surface area (Å²) in [5, 5.41) is 3.38. The molecule has 0 amide bonds. The first-order chi connectivity index (χ1) is 13.2. The third-order valence-electron chi connectivity index (χ3n) is 4.80. The summed E-state index contributed by atoms with van der Waals surface area (Å²) in [5.74, 6) is 0.481. The molecule has 1 aromatic carbocycles. The van der Waals surface area contributed by atoms with E-state index in [2.05, 4.69) is 37.3 Å². The Balaban J connectivity index is 1.49. The molecule has 1 aliphatic rings. The molecule has 4 rings (SSSR count). The number of fused-ring (bicyclic) bond motifs is 1. The number of ether oxygens (including phenoxy) is 1. The van der Waals surface area contributed by atoms with Crippen LogP contribution in [0.2, 0.25) is 0 Å². The Morgan fingerprint density at radius 2 is 2.07 bits per heavy atom. The van der Waals surface area contributed by atoms with Gasteiger partial charge in [-0.2, -0.15) is 0 Å². The summed E-state index contributed by atoms with van der Waals surface area (Å²) >= 11 is 0. The zero-order chi connectivity index (χ0) is 18.6. The standard InChI is InChI=1S/C20H23N5O2/c1-27-20(26)15-2-3-17-18(11-15)24-19(23-17)12-16-10-14(4-5-22-16)13-25-8-6-21-7-9-25/h2-5,10-11,21H,6-9,12-13H2,1H3,(H,23,24). The van der Waals surface area contributed by atoms with E-state index >= 15 is 0 Å². The van der Waals surface area contributed by atoms with Gasteiger partial charge in [-0.05, 0) is 35.9 Å². The molecule has 7 nitrogen and oxygen atoms in total. The number of pyridine rings is 1. The molecule has 1 fully saturated rings. The van der Waals surface area contributed by atoms with E-state index in [1.165, 1.54) is 12.7 Å². The minimum absolute atomic E-state index is 0.352. The first-order valence-corrected chi connectivity index (χ1v) is 9.15. The summed E-state index contributed by atoms with van der Waals surface area (Å²) in [6, 6.07) is 9.55. The first-order valence-electron chi connectivity index (χ1n) is 9.15. The number of aromatic nitrogens is 3. The summed E-state index contributed by atoms with van der Waals surface area (Å²) in [5.41, 5.74) is 4.41. The number of methoxy groups -OCH3 is 1. The average molecular weight is 365 g/mol. The van der Waals surface area contributed by atoms with Gasteiger partial charge in [-0.15, -0.1) is 0 Å². The molecular weight excluding hydrogens is 342 g/mol. The van der Waals surface area contributed by atoms with E-state index in [0.29, 0.717) is 12.0 Å². The molecule has 3 aromatic rings. The van der Waals surface area contributed by atoms with Crippen molar-refractivity contribution in [3.63, 3.8) is 0 Å². The van der Waals surface area contributed by atoms with Crippen molar-refractivity contribution in [3.05, 3.63) is 59.2 Å². The fourth-order valence-electron chi connectivity index (χ4n) is 3.41. The van der Waals surface area contributed by atoms with Gasteiger partial charge in [0.25, 0.3) is 0 Å². The number of carbonyl (C=O) groups is 1. The van der Waals surface area contributed by atoms with Gasteiger partial charge in [0.1, 0.15) is 5.82 Å². The lowest BCUT2D eigenvalue weighted by atomic mass is 10.1. The maximum atomic E-state index is 11.7. The molecule has 3 heterocycles. The summed E-state index contributed by atoms with van der Waals surface area (Å²) in [6.45, 7) is 5.18.